The average Bonchev–Trinajstić information content (AvgIpc) is 2.47. The minimum absolute atomic E-state index is 0.290. The third-order valence-electron chi connectivity index (χ3n) is 2.78. The van der Waals surface area contributed by atoms with Crippen molar-refractivity contribution < 1.29 is 4.79 Å². The van der Waals surface area contributed by atoms with Gasteiger partial charge in [-0.15, -0.1) is 0 Å². The molecule has 0 aliphatic rings. The third kappa shape index (κ3) is 4.06. The second-order valence-electron chi connectivity index (χ2n) is 4.25. The van der Waals surface area contributed by atoms with Crippen molar-refractivity contribution in [2.75, 3.05) is 0 Å². The molecule has 0 radical (unpaired) electrons. The molecule has 0 heterocycles. The maximum absolute atomic E-state index is 12.0. The van der Waals surface area contributed by atoms with Crippen LogP contribution in [0.15, 0.2) is 52.0 Å². The summed E-state index contributed by atoms with van der Waals surface area (Å²) in [6.45, 7) is 1.78. The van der Waals surface area contributed by atoms with Gasteiger partial charge in [0.2, 0.25) is 0 Å². The first-order chi connectivity index (χ1) is 9.99. The van der Waals surface area contributed by atoms with Crippen molar-refractivity contribution >= 4 is 50.8 Å². The Morgan fingerprint density at radius 2 is 1.86 bits per heavy atom. The Labute approximate surface area is 141 Å². The lowest BCUT2D eigenvalue weighted by Gasteiger charge is -2.05. The monoisotopic (exact) mass is 384 g/mol. The van der Waals surface area contributed by atoms with Gasteiger partial charge in [-0.2, -0.15) is 5.10 Å². The number of hydrogen-bond acceptors (Lipinski definition) is 2. The maximum atomic E-state index is 12.0. The number of nitrogens with zero attached hydrogens (tertiary/aromatic N) is 1. The van der Waals surface area contributed by atoms with Gasteiger partial charge in [0, 0.05) is 4.47 Å². The zero-order valence-electron chi connectivity index (χ0n) is 11.0. The SMILES string of the molecule is C/C(=N\NC(=O)c1ccccc1Br)c1ccc(Cl)c(Cl)c1. The number of hydrazone groups is 1. The zero-order valence-corrected chi connectivity index (χ0v) is 14.1. The number of carbonyl (C=O) groups excluding carboxylic acids is 1. The molecule has 0 atom stereocenters. The summed E-state index contributed by atoms with van der Waals surface area (Å²) in [6.07, 6.45) is 0. The van der Waals surface area contributed by atoms with Crippen LogP contribution in [-0.4, -0.2) is 11.6 Å². The molecule has 1 N–H and O–H groups in total. The Hall–Kier alpha value is -1.36. The minimum Gasteiger partial charge on any atom is -0.267 e. The molecule has 2 rings (SSSR count). The van der Waals surface area contributed by atoms with E-state index < -0.39 is 0 Å². The molecular weight excluding hydrogens is 375 g/mol. The molecule has 2 aromatic carbocycles. The summed E-state index contributed by atoms with van der Waals surface area (Å²) in [7, 11) is 0. The second kappa shape index (κ2) is 7.07. The van der Waals surface area contributed by atoms with E-state index in [0.717, 1.165) is 5.56 Å². The van der Waals surface area contributed by atoms with Crippen molar-refractivity contribution in [3.05, 3.63) is 68.1 Å². The molecule has 0 aliphatic heterocycles. The normalized spacial score (nSPS) is 11.3. The summed E-state index contributed by atoms with van der Waals surface area (Å²) in [5, 5.41) is 5.00. The number of benzene rings is 2. The number of hydrogen-bond donors (Lipinski definition) is 1. The van der Waals surface area contributed by atoms with Crippen LogP contribution in [0.5, 0.6) is 0 Å². The summed E-state index contributed by atoms with van der Waals surface area (Å²) >= 11 is 15.1. The van der Waals surface area contributed by atoms with Gasteiger partial charge in [0.25, 0.3) is 5.91 Å². The van der Waals surface area contributed by atoms with E-state index in [1.54, 1.807) is 43.3 Å². The van der Waals surface area contributed by atoms with Crippen LogP contribution in [0.2, 0.25) is 10.0 Å². The highest BCUT2D eigenvalue weighted by Gasteiger charge is 2.08. The van der Waals surface area contributed by atoms with E-state index in [9.17, 15) is 4.79 Å². The van der Waals surface area contributed by atoms with Gasteiger partial charge >= 0.3 is 0 Å². The van der Waals surface area contributed by atoms with Crippen LogP contribution in [-0.2, 0) is 0 Å². The molecule has 0 spiro atoms. The van der Waals surface area contributed by atoms with Gasteiger partial charge in [0.1, 0.15) is 0 Å². The van der Waals surface area contributed by atoms with E-state index in [-0.39, 0.29) is 5.91 Å². The van der Waals surface area contributed by atoms with E-state index in [1.807, 2.05) is 6.07 Å². The largest absolute Gasteiger partial charge is 0.272 e. The van der Waals surface area contributed by atoms with Gasteiger partial charge in [-0.3, -0.25) is 4.79 Å². The van der Waals surface area contributed by atoms with Gasteiger partial charge in [-0.05, 0) is 52.7 Å². The number of halogens is 3. The predicted molar refractivity (Wildman–Crippen MR) is 90.3 cm³/mol. The van der Waals surface area contributed by atoms with Gasteiger partial charge in [0.15, 0.2) is 0 Å². The third-order valence-corrected chi connectivity index (χ3v) is 4.21. The van der Waals surface area contributed by atoms with Crippen LogP contribution in [0, 0.1) is 0 Å². The van der Waals surface area contributed by atoms with Gasteiger partial charge in [-0.25, -0.2) is 5.43 Å². The van der Waals surface area contributed by atoms with Crippen LogP contribution in [0.3, 0.4) is 0 Å². The lowest BCUT2D eigenvalue weighted by Crippen LogP contribution is -2.19. The first kappa shape index (κ1) is 16.0. The molecule has 1 amide bonds. The molecule has 6 heteroatoms. The van der Waals surface area contributed by atoms with Crippen LogP contribution in [0.1, 0.15) is 22.8 Å². The van der Waals surface area contributed by atoms with Crippen LogP contribution < -0.4 is 5.43 Å². The van der Waals surface area contributed by atoms with Gasteiger partial charge < -0.3 is 0 Å². The molecule has 3 nitrogen and oxygen atoms in total. The number of rotatable bonds is 3. The predicted octanol–water partition coefficient (Wildman–Crippen LogP) is 4.91. The van der Waals surface area contributed by atoms with Crippen molar-refractivity contribution in [3.63, 3.8) is 0 Å². The van der Waals surface area contributed by atoms with Crippen LogP contribution >= 0.6 is 39.1 Å². The first-order valence-electron chi connectivity index (χ1n) is 6.03. The highest BCUT2D eigenvalue weighted by Crippen LogP contribution is 2.22. The highest BCUT2D eigenvalue weighted by molar-refractivity contribution is 9.10. The molecule has 2 aromatic rings. The van der Waals surface area contributed by atoms with Crippen LogP contribution in [0.4, 0.5) is 0 Å². The number of nitrogens with one attached hydrogen (secondary N) is 1. The second-order valence-corrected chi connectivity index (χ2v) is 5.92. The Balaban J connectivity index is 2.15. The summed E-state index contributed by atoms with van der Waals surface area (Å²) in [5.41, 5.74) is 4.45. The first-order valence-corrected chi connectivity index (χ1v) is 7.58. The molecule has 0 bridgehead atoms. The summed E-state index contributed by atoms with van der Waals surface area (Å²) in [6, 6.07) is 12.3. The summed E-state index contributed by atoms with van der Waals surface area (Å²) in [5.74, 6) is -0.290. The molecule has 0 saturated heterocycles. The van der Waals surface area contributed by atoms with Gasteiger partial charge in [-0.1, -0.05) is 41.4 Å². The van der Waals surface area contributed by atoms with Crippen molar-refractivity contribution in [3.8, 4) is 0 Å². The summed E-state index contributed by atoms with van der Waals surface area (Å²) in [4.78, 5) is 12.0. The molecule has 0 saturated carbocycles. The Morgan fingerprint density at radius 3 is 2.52 bits per heavy atom. The minimum atomic E-state index is -0.290. The maximum Gasteiger partial charge on any atom is 0.272 e. The molecule has 21 heavy (non-hydrogen) atoms. The lowest BCUT2D eigenvalue weighted by molar-refractivity contribution is 0.0954. The molecule has 0 aliphatic carbocycles. The molecule has 108 valence electrons. The van der Waals surface area contributed by atoms with Crippen molar-refractivity contribution in [2.45, 2.75) is 6.92 Å². The standard InChI is InChI=1S/C15H11BrCl2N2O/c1-9(10-6-7-13(17)14(18)8-10)19-20-15(21)11-4-2-3-5-12(11)16/h2-8H,1H3,(H,20,21)/b19-9+. The molecule has 0 aromatic heterocycles. The van der Waals surface area contributed by atoms with Crippen molar-refractivity contribution in [1.82, 2.24) is 5.43 Å². The lowest BCUT2D eigenvalue weighted by atomic mass is 10.1. The van der Waals surface area contributed by atoms with E-state index in [0.29, 0.717) is 25.8 Å². The fourth-order valence-electron chi connectivity index (χ4n) is 1.63. The summed E-state index contributed by atoms with van der Waals surface area (Å²) < 4.78 is 0.713. The Bertz CT molecular complexity index is 717. The van der Waals surface area contributed by atoms with E-state index in [1.165, 1.54) is 0 Å². The molecule has 0 fully saturated rings. The van der Waals surface area contributed by atoms with Crippen molar-refractivity contribution in [2.24, 2.45) is 5.10 Å². The Kier molecular flexibility index (Phi) is 5.39. The van der Waals surface area contributed by atoms with Crippen LogP contribution in [0.25, 0.3) is 0 Å². The van der Waals surface area contributed by atoms with E-state index in [2.05, 4.69) is 26.5 Å². The van der Waals surface area contributed by atoms with Gasteiger partial charge in [0.05, 0.1) is 21.3 Å². The van der Waals surface area contributed by atoms with E-state index in [4.69, 9.17) is 23.2 Å². The fraction of sp³-hybridized carbons (Fsp3) is 0.0667. The number of carbonyl (C=O) groups is 1. The fourth-order valence-corrected chi connectivity index (χ4v) is 2.39. The topological polar surface area (TPSA) is 41.5 Å². The highest BCUT2D eigenvalue weighted by atomic mass is 79.9. The average molecular weight is 386 g/mol. The molecular formula is C15H11BrCl2N2O. The smallest absolute Gasteiger partial charge is 0.267 e. The van der Waals surface area contributed by atoms with Crippen molar-refractivity contribution in [1.29, 1.82) is 0 Å². The number of amides is 1. The quantitative estimate of drug-likeness (QED) is 0.591. The Morgan fingerprint density at radius 1 is 1.14 bits per heavy atom. The molecule has 0 unspecified atom stereocenters. The zero-order chi connectivity index (χ0) is 15.4. The van der Waals surface area contributed by atoms with E-state index >= 15 is 0 Å².